The van der Waals surface area contributed by atoms with Crippen molar-refractivity contribution < 1.29 is 4.79 Å². The Morgan fingerprint density at radius 2 is 2.27 bits per heavy atom. The Balaban J connectivity index is 2.37. The standard InChI is InChI=1S/C10H11N3OS/c1-13(2)10(14)7-3-4-8-9(5-7)15-12-6-11-8/h3-6H,1-2H3,(H,11,12). The van der Waals surface area contributed by atoms with E-state index in [9.17, 15) is 4.79 Å². The molecule has 0 atom stereocenters. The van der Waals surface area contributed by atoms with Crippen LogP contribution >= 0.6 is 11.9 Å². The summed E-state index contributed by atoms with van der Waals surface area (Å²) in [5.41, 5.74) is 1.58. The van der Waals surface area contributed by atoms with Gasteiger partial charge in [-0.25, -0.2) is 4.99 Å². The van der Waals surface area contributed by atoms with Gasteiger partial charge in [0.25, 0.3) is 5.91 Å². The van der Waals surface area contributed by atoms with Crippen LogP contribution in [0.3, 0.4) is 0 Å². The summed E-state index contributed by atoms with van der Waals surface area (Å²) in [4.78, 5) is 18.4. The van der Waals surface area contributed by atoms with Crippen LogP contribution < -0.4 is 4.72 Å². The number of carbonyl (C=O) groups is 1. The molecule has 1 amide bonds. The lowest BCUT2D eigenvalue weighted by molar-refractivity contribution is 0.0827. The Morgan fingerprint density at radius 1 is 1.47 bits per heavy atom. The molecule has 2 rings (SSSR count). The van der Waals surface area contributed by atoms with Gasteiger partial charge in [0.05, 0.1) is 16.9 Å². The second kappa shape index (κ2) is 3.94. The van der Waals surface area contributed by atoms with Gasteiger partial charge in [0.1, 0.15) is 0 Å². The van der Waals surface area contributed by atoms with Crippen LogP contribution in [0.15, 0.2) is 28.1 Å². The van der Waals surface area contributed by atoms with Crippen molar-refractivity contribution in [2.75, 3.05) is 14.1 Å². The summed E-state index contributed by atoms with van der Waals surface area (Å²) in [5.74, 6) is 0.00736. The molecule has 0 bridgehead atoms. The Bertz CT molecular complexity index is 429. The molecule has 0 fully saturated rings. The van der Waals surface area contributed by atoms with E-state index >= 15 is 0 Å². The Kier molecular flexibility index (Phi) is 2.64. The number of nitrogens with one attached hydrogen (secondary N) is 1. The molecule has 0 aromatic heterocycles. The van der Waals surface area contributed by atoms with Gasteiger partial charge in [-0.05, 0) is 30.1 Å². The number of fused-ring (bicyclic) bond motifs is 1. The third kappa shape index (κ3) is 1.97. The summed E-state index contributed by atoms with van der Waals surface area (Å²) in [6, 6.07) is 5.51. The van der Waals surface area contributed by atoms with Crippen LogP contribution in [0.4, 0.5) is 5.69 Å². The van der Waals surface area contributed by atoms with E-state index in [0.29, 0.717) is 5.56 Å². The molecule has 0 unspecified atom stereocenters. The summed E-state index contributed by atoms with van der Waals surface area (Å²) in [7, 11) is 3.48. The molecular weight excluding hydrogens is 210 g/mol. The Morgan fingerprint density at radius 3 is 3.00 bits per heavy atom. The molecule has 1 heterocycles. The van der Waals surface area contributed by atoms with Crippen molar-refractivity contribution in [1.29, 1.82) is 0 Å². The number of hydrogen-bond acceptors (Lipinski definition) is 4. The number of aliphatic imine (C=N–C) groups is 1. The fourth-order valence-electron chi connectivity index (χ4n) is 1.28. The Labute approximate surface area is 92.5 Å². The highest BCUT2D eigenvalue weighted by Crippen LogP contribution is 2.30. The average Bonchev–Trinajstić information content (AvgIpc) is 2.27. The number of hydrogen-bond donors (Lipinski definition) is 1. The van der Waals surface area contributed by atoms with E-state index in [-0.39, 0.29) is 5.91 Å². The fraction of sp³-hybridized carbons (Fsp3) is 0.200. The smallest absolute Gasteiger partial charge is 0.253 e. The van der Waals surface area contributed by atoms with E-state index in [1.165, 1.54) is 11.9 Å². The zero-order chi connectivity index (χ0) is 10.8. The van der Waals surface area contributed by atoms with Gasteiger partial charge in [-0.1, -0.05) is 0 Å². The minimum absolute atomic E-state index is 0.00736. The van der Waals surface area contributed by atoms with Crippen molar-refractivity contribution in [2.24, 2.45) is 4.99 Å². The molecule has 0 saturated heterocycles. The molecule has 1 aliphatic heterocycles. The number of nitrogens with zero attached hydrogens (tertiary/aromatic N) is 2. The minimum atomic E-state index is 0.00736. The monoisotopic (exact) mass is 221 g/mol. The normalized spacial score (nSPS) is 12.9. The third-order valence-corrected chi connectivity index (χ3v) is 2.81. The van der Waals surface area contributed by atoms with Crippen molar-refractivity contribution in [3.63, 3.8) is 0 Å². The summed E-state index contributed by atoms with van der Waals surface area (Å²) >= 11 is 1.46. The molecular formula is C10H11N3OS. The maximum absolute atomic E-state index is 11.7. The molecule has 1 aromatic rings. The first-order valence-electron chi connectivity index (χ1n) is 4.49. The van der Waals surface area contributed by atoms with Crippen LogP contribution in [0.25, 0.3) is 0 Å². The molecule has 0 aliphatic carbocycles. The third-order valence-electron chi connectivity index (χ3n) is 2.04. The van der Waals surface area contributed by atoms with Crippen molar-refractivity contribution in [2.45, 2.75) is 4.90 Å². The first-order chi connectivity index (χ1) is 7.18. The van der Waals surface area contributed by atoms with E-state index < -0.39 is 0 Å². The van der Waals surface area contributed by atoms with Crippen LogP contribution in [0, 0.1) is 0 Å². The fourth-order valence-corrected chi connectivity index (χ4v) is 1.92. The largest absolute Gasteiger partial charge is 0.345 e. The molecule has 0 radical (unpaired) electrons. The topological polar surface area (TPSA) is 44.7 Å². The highest BCUT2D eigenvalue weighted by atomic mass is 32.2. The van der Waals surface area contributed by atoms with Gasteiger partial charge in [-0.3, -0.25) is 4.79 Å². The van der Waals surface area contributed by atoms with Crippen molar-refractivity contribution in [3.8, 4) is 0 Å². The predicted molar refractivity (Wildman–Crippen MR) is 61.6 cm³/mol. The van der Waals surface area contributed by atoms with Crippen molar-refractivity contribution >= 4 is 29.9 Å². The van der Waals surface area contributed by atoms with E-state index in [2.05, 4.69) is 9.71 Å². The van der Waals surface area contributed by atoms with Gasteiger partial charge in [0.2, 0.25) is 0 Å². The van der Waals surface area contributed by atoms with Crippen LogP contribution in [-0.4, -0.2) is 31.2 Å². The second-order valence-corrected chi connectivity index (χ2v) is 4.24. The molecule has 1 aliphatic rings. The molecule has 5 heteroatoms. The average molecular weight is 221 g/mol. The van der Waals surface area contributed by atoms with Crippen LogP contribution in [-0.2, 0) is 0 Å². The van der Waals surface area contributed by atoms with E-state index in [1.807, 2.05) is 12.1 Å². The zero-order valence-electron chi connectivity index (χ0n) is 8.52. The van der Waals surface area contributed by atoms with Crippen LogP contribution in [0.5, 0.6) is 0 Å². The van der Waals surface area contributed by atoms with Gasteiger partial charge in [0.15, 0.2) is 0 Å². The predicted octanol–water partition coefficient (Wildman–Crippen LogP) is 1.66. The first-order valence-corrected chi connectivity index (χ1v) is 5.31. The SMILES string of the molecule is CN(C)C(=O)c1ccc2c(c1)SNC=N2. The highest BCUT2D eigenvalue weighted by molar-refractivity contribution is 7.98. The Hall–Kier alpha value is -1.49. The van der Waals surface area contributed by atoms with Crippen LogP contribution in [0.2, 0.25) is 0 Å². The lowest BCUT2D eigenvalue weighted by atomic mass is 10.2. The van der Waals surface area contributed by atoms with Gasteiger partial charge in [-0.2, -0.15) is 0 Å². The number of carbonyl (C=O) groups excluding carboxylic acids is 1. The summed E-state index contributed by atoms with van der Waals surface area (Å²) in [6.07, 6.45) is 1.64. The van der Waals surface area contributed by atoms with E-state index in [4.69, 9.17) is 0 Å². The molecule has 1 aromatic carbocycles. The second-order valence-electron chi connectivity index (χ2n) is 3.36. The maximum Gasteiger partial charge on any atom is 0.253 e. The van der Waals surface area contributed by atoms with Gasteiger partial charge < -0.3 is 9.62 Å². The molecule has 0 spiro atoms. The first kappa shape index (κ1) is 10.0. The molecule has 4 nitrogen and oxygen atoms in total. The van der Waals surface area contributed by atoms with Gasteiger partial charge >= 0.3 is 0 Å². The summed E-state index contributed by atoms with van der Waals surface area (Å²) in [6.45, 7) is 0. The van der Waals surface area contributed by atoms with Crippen molar-refractivity contribution in [3.05, 3.63) is 23.8 Å². The van der Waals surface area contributed by atoms with Gasteiger partial charge in [-0.15, -0.1) is 0 Å². The lowest BCUT2D eigenvalue weighted by Crippen LogP contribution is -2.21. The van der Waals surface area contributed by atoms with E-state index in [1.54, 1.807) is 31.4 Å². The number of rotatable bonds is 1. The number of benzene rings is 1. The summed E-state index contributed by atoms with van der Waals surface area (Å²) < 4.78 is 2.94. The molecule has 78 valence electrons. The van der Waals surface area contributed by atoms with Crippen LogP contribution in [0.1, 0.15) is 10.4 Å². The lowest BCUT2D eigenvalue weighted by Gasteiger charge is -2.14. The molecule has 0 saturated carbocycles. The van der Waals surface area contributed by atoms with E-state index in [0.717, 1.165) is 10.6 Å². The number of amides is 1. The highest BCUT2D eigenvalue weighted by Gasteiger charge is 2.12. The van der Waals surface area contributed by atoms with Crippen molar-refractivity contribution in [1.82, 2.24) is 9.62 Å². The minimum Gasteiger partial charge on any atom is -0.345 e. The maximum atomic E-state index is 11.7. The zero-order valence-corrected chi connectivity index (χ0v) is 9.34. The summed E-state index contributed by atoms with van der Waals surface area (Å²) in [5, 5.41) is 0. The molecule has 15 heavy (non-hydrogen) atoms. The molecule has 1 N–H and O–H groups in total. The van der Waals surface area contributed by atoms with Gasteiger partial charge in [0, 0.05) is 19.7 Å². The quantitative estimate of drug-likeness (QED) is 0.733.